The van der Waals surface area contributed by atoms with Crippen molar-refractivity contribution < 1.29 is 4.79 Å². The molecular weight excluding hydrogens is 226 g/mol. The van der Waals surface area contributed by atoms with Crippen molar-refractivity contribution in [3.8, 4) is 0 Å². The molecule has 0 saturated carbocycles. The van der Waals surface area contributed by atoms with Gasteiger partial charge in [0.15, 0.2) is 0 Å². The van der Waals surface area contributed by atoms with Crippen molar-refractivity contribution in [2.75, 3.05) is 0 Å². The largest absolute Gasteiger partial charge is 0.344 e. The van der Waals surface area contributed by atoms with Crippen LogP contribution in [-0.4, -0.2) is 15.7 Å². The number of carbonyl (C=O) groups is 1. The summed E-state index contributed by atoms with van der Waals surface area (Å²) in [6.07, 6.45) is 1.81. The molecule has 1 aromatic heterocycles. The van der Waals surface area contributed by atoms with Crippen LogP contribution >= 0.6 is 0 Å². The Kier molecular flexibility index (Phi) is 3.77. The Balaban J connectivity index is 2.03. The number of aryl methyl sites for hydroxylation is 1. The van der Waals surface area contributed by atoms with Crippen LogP contribution in [0.25, 0.3) is 0 Å². The Morgan fingerprint density at radius 2 is 2.06 bits per heavy atom. The van der Waals surface area contributed by atoms with Crippen LogP contribution in [0.15, 0.2) is 42.6 Å². The third-order valence-corrected chi connectivity index (χ3v) is 2.84. The molecule has 1 N–H and O–H groups in total. The highest BCUT2D eigenvalue weighted by Gasteiger charge is 2.13. The van der Waals surface area contributed by atoms with Crippen LogP contribution in [0.4, 0.5) is 0 Å². The van der Waals surface area contributed by atoms with Gasteiger partial charge in [-0.3, -0.25) is 9.48 Å². The molecule has 0 saturated heterocycles. The van der Waals surface area contributed by atoms with Gasteiger partial charge in [0.25, 0.3) is 5.91 Å². The van der Waals surface area contributed by atoms with Gasteiger partial charge in [0.2, 0.25) is 0 Å². The minimum atomic E-state index is -0.140. The van der Waals surface area contributed by atoms with E-state index in [1.54, 1.807) is 10.7 Å². The molecule has 2 rings (SSSR count). The molecule has 2 aromatic rings. The minimum absolute atomic E-state index is 0.0227. The van der Waals surface area contributed by atoms with Crippen molar-refractivity contribution in [3.63, 3.8) is 0 Å². The summed E-state index contributed by atoms with van der Waals surface area (Å²) < 4.78 is 1.74. The molecule has 4 nitrogen and oxygen atoms in total. The average Bonchev–Trinajstić information content (AvgIpc) is 2.88. The Morgan fingerprint density at radius 3 is 2.67 bits per heavy atom. The summed E-state index contributed by atoms with van der Waals surface area (Å²) in [6.45, 7) is 4.72. The number of hydrogen-bond donors (Lipinski definition) is 1. The van der Waals surface area contributed by atoms with Crippen molar-refractivity contribution >= 4 is 5.91 Å². The van der Waals surface area contributed by atoms with Crippen LogP contribution in [0, 0.1) is 0 Å². The monoisotopic (exact) mass is 243 g/mol. The van der Waals surface area contributed by atoms with Crippen LogP contribution in [0.1, 0.15) is 35.9 Å². The second kappa shape index (κ2) is 5.49. The minimum Gasteiger partial charge on any atom is -0.344 e. The third kappa shape index (κ3) is 2.77. The smallest absolute Gasteiger partial charge is 0.272 e. The average molecular weight is 243 g/mol. The fourth-order valence-electron chi connectivity index (χ4n) is 1.75. The van der Waals surface area contributed by atoms with Gasteiger partial charge in [-0.05, 0) is 25.5 Å². The molecule has 0 bridgehead atoms. The number of nitrogens with zero attached hydrogens (tertiary/aromatic N) is 2. The molecule has 1 amide bonds. The molecule has 94 valence electrons. The van der Waals surface area contributed by atoms with Gasteiger partial charge in [0, 0.05) is 12.7 Å². The van der Waals surface area contributed by atoms with Crippen molar-refractivity contribution in [2.45, 2.75) is 26.4 Å². The van der Waals surface area contributed by atoms with Gasteiger partial charge < -0.3 is 5.32 Å². The molecule has 0 aliphatic rings. The molecule has 4 heteroatoms. The predicted molar refractivity (Wildman–Crippen MR) is 70.2 cm³/mol. The second-order valence-corrected chi connectivity index (χ2v) is 4.16. The Labute approximate surface area is 107 Å². The molecule has 0 aliphatic carbocycles. The highest BCUT2D eigenvalue weighted by molar-refractivity contribution is 5.92. The maximum absolute atomic E-state index is 12.0. The van der Waals surface area contributed by atoms with Crippen LogP contribution in [0.5, 0.6) is 0 Å². The number of carbonyl (C=O) groups excluding carboxylic acids is 1. The summed E-state index contributed by atoms with van der Waals surface area (Å²) >= 11 is 0. The molecule has 1 unspecified atom stereocenters. The second-order valence-electron chi connectivity index (χ2n) is 4.16. The van der Waals surface area contributed by atoms with Crippen LogP contribution in [0.3, 0.4) is 0 Å². The van der Waals surface area contributed by atoms with Gasteiger partial charge in [-0.15, -0.1) is 0 Å². The fourth-order valence-corrected chi connectivity index (χ4v) is 1.75. The van der Waals surface area contributed by atoms with E-state index in [1.165, 1.54) is 0 Å². The first-order valence-electron chi connectivity index (χ1n) is 6.10. The first-order valence-corrected chi connectivity index (χ1v) is 6.10. The molecule has 1 atom stereocenters. The lowest BCUT2D eigenvalue weighted by molar-refractivity contribution is 0.0934. The van der Waals surface area contributed by atoms with Crippen LogP contribution < -0.4 is 5.32 Å². The van der Waals surface area contributed by atoms with E-state index in [4.69, 9.17) is 0 Å². The molecule has 18 heavy (non-hydrogen) atoms. The molecule has 0 aliphatic heterocycles. The number of benzene rings is 1. The molecular formula is C14H17N3O. The SMILES string of the molecule is CCn1ccc(C(=O)NC(C)c2ccccc2)n1. The van der Waals surface area contributed by atoms with Crippen molar-refractivity contribution in [1.82, 2.24) is 15.1 Å². The molecule has 0 radical (unpaired) electrons. The van der Waals surface area contributed by atoms with E-state index < -0.39 is 0 Å². The van der Waals surface area contributed by atoms with E-state index >= 15 is 0 Å². The Morgan fingerprint density at radius 1 is 1.33 bits per heavy atom. The van der Waals surface area contributed by atoms with Crippen molar-refractivity contribution in [1.29, 1.82) is 0 Å². The standard InChI is InChI=1S/C14H17N3O/c1-3-17-10-9-13(16-17)14(18)15-11(2)12-7-5-4-6-8-12/h4-11H,3H2,1-2H3,(H,15,18). The van der Waals surface area contributed by atoms with E-state index in [0.717, 1.165) is 12.1 Å². The summed E-state index contributed by atoms with van der Waals surface area (Å²) in [6, 6.07) is 11.6. The lowest BCUT2D eigenvalue weighted by atomic mass is 10.1. The fraction of sp³-hybridized carbons (Fsp3) is 0.286. The number of nitrogens with one attached hydrogen (secondary N) is 1. The first-order chi connectivity index (χ1) is 8.70. The Hall–Kier alpha value is -2.10. The van der Waals surface area contributed by atoms with Gasteiger partial charge in [-0.25, -0.2) is 0 Å². The molecule has 0 spiro atoms. The van der Waals surface area contributed by atoms with E-state index in [-0.39, 0.29) is 11.9 Å². The van der Waals surface area contributed by atoms with Crippen LogP contribution in [-0.2, 0) is 6.54 Å². The zero-order valence-corrected chi connectivity index (χ0v) is 10.6. The zero-order chi connectivity index (χ0) is 13.0. The van der Waals surface area contributed by atoms with E-state index in [1.807, 2.05) is 50.4 Å². The quantitative estimate of drug-likeness (QED) is 0.896. The van der Waals surface area contributed by atoms with Crippen molar-refractivity contribution in [2.24, 2.45) is 0 Å². The van der Waals surface area contributed by atoms with E-state index in [9.17, 15) is 4.79 Å². The molecule has 1 aromatic carbocycles. The van der Waals surface area contributed by atoms with Gasteiger partial charge >= 0.3 is 0 Å². The highest BCUT2D eigenvalue weighted by Crippen LogP contribution is 2.11. The van der Waals surface area contributed by atoms with Gasteiger partial charge in [-0.1, -0.05) is 30.3 Å². The summed E-state index contributed by atoms with van der Waals surface area (Å²) in [7, 11) is 0. The highest BCUT2D eigenvalue weighted by atomic mass is 16.2. The number of rotatable bonds is 4. The number of amides is 1. The van der Waals surface area contributed by atoms with E-state index in [0.29, 0.717) is 5.69 Å². The predicted octanol–water partition coefficient (Wildman–Crippen LogP) is 2.39. The van der Waals surface area contributed by atoms with E-state index in [2.05, 4.69) is 10.4 Å². The maximum atomic E-state index is 12.0. The summed E-state index contributed by atoms with van der Waals surface area (Å²) in [4.78, 5) is 12.0. The lowest BCUT2D eigenvalue weighted by Gasteiger charge is -2.13. The summed E-state index contributed by atoms with van der Waals surface area (Å²) in [5, 5.41) is 7.12. The normalized spacial score (nSPS) is 12.1. The zero-order valence-electron chi connectivity index (χ0n) is 10.6. The maximum Gasteiger partial charge on any atom is 0.272 e. The Bertz CT molecular complexity index is 519. The molecule has 0 fully saturated rings. The number of hydrogen-bond acceptors (Lipinski definition) is 2. The van der Waals surface area contributed by atoms with Crippen molar-refractivity contribution in [3.05, 3.63) is 53.9 Å². The number of aromatic nitrogens is 2. The molecule has 1 heterocycles. The summed E-state index contributed by atoms with van der Waals surface area (Å²) in [5.41, 5.74) is 1.54. The first kappa shape index (κ1) is 12.4. The summed E-state index contributed by atoms with van der Waals surface area (Å²) in [5.74, 6) is -0.140. The van der Waals surface area contributed by atoms with Gasteiger partial charge in [-0.2, -0.15) is 5.10 Å². The van der Waals surface area contributed by atoms with Crippen LogP contribution in [0.2, 0.25) is 0 Å². The lowest BCUT2D eigenvalue weighted by Crippen LogP contribution is -2.27. The van der Waals surface area contributed by atoms with Gasteiger partial charge in [0.05, 0.1) is 6.04 Å². The van der Waals surface area contributed by atoms with Gasteiger partial charge in [0.1, 0.15) is 5.69 Å². The third-order valence-electron chi connectivity index (χ3n) is 2.84. The topological polar surface area (TPSA) is 46.9 Å².